The molecule has 0 spiro atoms. The molecular weight excluding hydrogens is 1060 g/mol. The number of fused-ring (bicyclic) bond motifs is 4. The van der Waals surface area contributed by atoms with Crippen LogP contribution < -0.4 is 14.5 Å². The van der Waals surface area contributed by atoms with Crippen LogP contribution >= 0.6 is 0 Å². The second-order valence-electron chi connectivity index (χ2n) is 23.6. The van der Waals surface area contributed by atoms with Crippen LogP contribution in [0.4, 0.5) is 22.7 Å². The summed E-state index contributed by atoms with van der Waals surface area (Å²) in [4.78, 5) is 9.65. The Labute approximate surface area is 443 Å². The maximum atomic E-state index is 6.97. The number of anilines is 4. The van der Waals surface area contributed by atoms with Crippen molar-refractivity contribution in [2.45, 2.75) is 117 Å². The molecule has 7 aromatic carbocycles. The zero-order chi connectivity index (χ0) is 50.3. The van der Waals surface area contributed by atoms with Gasteiger partial charge < -0.3 is 19.1 Å². The van der Waals surface area contributed by atoms with E-state index in [2.05, 4.69) is 275 Å². The van der Waals surface area contributed by atoms with Crippen LogP contribution in [0.3, 0.4) is 0 Å². The van der Waals surface area contributed by atoms with Gasteiger partial charge in [-0.15, -0.1) is 53.6 Å². The second kappa shape index (κ2) is 18.6. The van der Waals surface area contributed by atoms with E-state index in [0.717, 1.165) is 55.9 Å². The fourth-order valence-electron chi connectivity index (χ4n) is 10.3. The van der Waals surface area contributed by atoms with Crippen molar-refractivity contribution < 1.29 is 25.8 Å². The molecule has 0 aliphatic carbocycles. The summed E-state index contributed by atoms with van der Waals surface area (Å²) < 4.78 is 9.19. The average molecular weight is 1130 g/mol. The monoisotopic (exact) mass is 1130 g/mol. The molecule has 9 aromatic rings. The van der Waals surface area contributed by atoms with Crippen LogP contribution in [0.1, 0.15) is 129 Å². The molecule has 1 aliphatic heterocycles. The summed E-state index contributed by atoms with van der Waals surface area (Å²) >= 11 is 0. The van der Waals surface area contributed by atoms with E-state index in [0.29, 0.717) is 11.5 Å². The molecule has 72 heavy (non-hydrogen) atoms. The van der Waals surface area contributed by atoms with Gasteiger partial charge in [0.25, 0.3) is 0 Å². The standard InChI is InChI=1S/C66H67N4O.Pt/c1-62(2,3)48-36-50(69-43-68(59-41-55(63(4,5)6)56(42-60(59)69)64(7,8)9)49-30-28-46(29-31-49)65(10,11)44-22-16-14-17-23-44)39-52(37-48)71-51-32-33-54-53-26-20-21-27-57(53)70(58(54)40-51)61-38-47(34-35-67-61)66(12,13)45-24-18-15-19-25-45;/h14-38,41-43H,1-13H3;/q-3;. The van der Waals surface area contributed by atoms with Crippen molar-refractivity contribution in [3.8, 4) is 17.3 Å². The van der Waals surface area contributed by atoms with Crippen LogP contribution in [-0.4, -0.2) is 9.55 Å². The Morgan fingerprint density at radius 2 is 1.01 bits per heavy atom. The normalized spacial score (nSPS) is 13.4. The van der Waals surface area contributed by atoms with Crippen molar-refractivity contribution in [2.75, 3.05) is 9.80 Å². The van der Waals surface area contributed by atoms with Crippen molar-refractivity contribution in [1.82, 2.24) is 9.55 Å². The number of aromatic nitrogens is 2. The van der Waals surface area contributed by atoms with E-state index in [-0.39, 0.29) is 48.1 Å². The van der Waals surface area contributed by atoms with Gasteiger partial charge in [-0.05, 0) is 97.5 Å². The quantitative estimate of drug-likeness (QED) is 0.135. The molecule has 0 unspecified atom stereocenters. The molecule has 0 saturated heterocycles. The van der Waals surface area contributed by atoms with Gasteiger partial charge in [0, 0.05) is 72.2 Å². The molecule has 6 heteroatoms. The van der Waals surface area contributed by atoms with Crippen LogP contribution in [0.25, 0.3) is 27.6 Å². The maximum absolute atomic E-state index is 6.97. The fraction of sp³-hybridized carbons (Fsp3) is 0.273. The Hall–Kier alpha value is -6.42. The first kappa shape index (κ1) is 50.5. The fourth-order valence-corrected chi connectivity index (χ4v) is 10.3. The minimum atomic E-state index is -0.237. The van der Waals surface area contributed by atoms with Crippen LogP contribution in [0.5, 0.6) is 11.5 Å². The van der Waals surface area contributed by atoms with Gasteiger partial charge in [-0.25, -0.2) is 4.98 Å². The number of para-hydroxylation sites is 1. The number of nitrogens with zero attached hydrogens (tertiary/aromatic N) is 4. The summed E-state index contributed by atoms with van der Waals surface area (Å²) in [5.41, 5.74) is 14.2. The molecule has 0 atom stereocenters. The molecular formula is C66H67N4OPt-3. The van der Waals surface area contributed by atoms with E-state index in [1.807, 2.05) is 12.3 Å². The molecule has 0 N–H and O–H groups in total. The van der Waals surface area contributed by atoms with Gasteiger partial charge >= 0.3 is 0 Å². The van der Waals surface area contributed by atoms with E-state index >= 15 is 0 Å². The van der Waals surface area contributed by atoms with Crippen molar-refractivity contribution in [2.24, 2.45) is 0 Å². The SMILES string of the molecule is CC(C)(C)c1cc(Oc2[c-]c3c(cc2)c2ccccc2n3-c2cc(C(C)(C)c3ccccc3)ccn2)[c-]c(N2[CH-]N(c3ccc(C(C)(C)c4ccccc4)cc3)c3cc(C(C)(C)C)c(C(C)(C)C)cc32)c1.[Pt]. The third-order valence-electron chi connectivity index (χ3n) is 14.8. The molecule has 5 nitrogen and oxygen atoms in total. The molecule has 10 rings (SSSR count). The van der Waals surface area contributed by atoms with E-state index in [4.69, 9.17) is 9.72 Å². The van der Waals surface area contributed by atoms with Gasteiger partial charge in [-0.2, -0.15) is 6.07 Å². The maximum Gasteiger partial charge on any atom is 0.135 e. The minimum Gasteiger partial charge on any atom is -0.509 e. The number of hydrogen-bond donors (Lipinski definition) is 0. The minimum absolute atomic E-state index is 0. The van der Waals surface area contributed by atoms with Crippen LogP contribution in [0, 0.1) is 18.8 Å². The molecule has 370 valence electrons. The topological polar surface area (TPSA) is 33.5 Å². The van der Waals surface area contributed by atoms with Gasteiger partial charge in [-0.1, -0.05) is 187 Å². The molecule has 2 aromatic heterocycles. The van der Waals surface area contributed by atoms with E-state index in [1.165, 1.54) is 33.4 Å². The molecule has 0 saturated carbocycles. The Morgan fingerprint density at radius 1 is 0.458 bits per heavy atom. The van der Waals surface area contributed by atoms with Gasteiger partial charge in [0.1, 0.15) is 5.82 Å². The first-order chi connectivity index (χ1) is 33.6. The smallest absolute Gasteiger partial charge is 0.135 e. The van der Waals surface area contributed by atoms with E-state index < -0.39 is 0 Å². The predicted octanol–water partition coefficient (Wildman–Crippen LogP) is 17.5. The summed E-state index contributed by atoms with van der Waals surface area (Å²) in [5, 5.41) is 2.22. The van der Waals surface area contributed by atoms with Gasteiger partial charge in [-0.3, -0.25) is 0 Å². The number of ether oxygens (including phenoxy) is 1. The molecule has 0 amide bonds. The summed E-state index contributed by atoms with van der Waals surface area (Å²) in [5.74, 6) is 2.06. The largest absolute Gasteiger partial charge is 0.509 e. The number of rotatable bonds is 9. The zero-order valence-corrected chi connectivity index (χ0v) is 46.5. The van der Waals surface area contributed by atoms with E-state index in [1.54, 1.807) is 0 Å². The summed E-state index contributed by atoms with van der Waals surface area (Å²) in [7, 11) is 0. The Balaban J connectivity index is 0.00000640. The number of benzene rings is 7. The van der Waals surface area contributed by atoms with Crippen LogP contribution in [0.2, 0.25) is 0 Å². The molecule has 0 fully saturated rings. The average Bonchev–Trinajstić information content (AvgIpc) is 3.89. The molecule has 0 bridgehead atoms. The molecule has 3 heterocycles. The molecule has 1 aliphatic rings. The van der Waals surface area contributed by atoms with Crippen molar-refractivity contribution in [3.05, 3.63) is 222 Å². The van der Waals surface area contributed by atoms with Crippen LogP contribution in [-0.2, 0) is 48.1 Å². The van der Waals surface area contributed by atoms with Gasteiger partial charge in [0.2, 0.25) is 0 Å². The first-order valence-corrected chi connectivity index (χ1v) is 25.1. The summed E-state index contributed by atoms with van der Waals surface area (Å²) in [6.07, 6.45) is 1.93. The summed E-state index contributed by atoms with van der Waals surface area (Å²) in [6, 6.07) is 64.4. The second-order valence-corrected chi connectivity index (χ2v) is 23.6. The Bertz CT molecular complexity index is 3420. The predicted molar refractivity (Wildman–Crippen MR) is 297 cm³/mol. The van der Waals surface area contributed by atoms with Gasteiger partial charge in [0.15, 0.2) is 0 Å². The third-order valence-corrected chi connectivity index (χ3v) is 14.8. The zero-order valence-electron chi connectivity index (χ0n) is 44.2. The van der Waals surface area contributed by atoms with E-state index in [9.17, 15) is 0 Å². The van der Waals surface area contributed by atoms with Crippen molar-refractivity contribution in [1.29, 1.82) is 0 Å². The van der Waals surface area contributed by atoms with Crippen molar-refractivity contribution >= 4 is 44.6 Å². The number of pyridine rings is 1. The Morgan fingerprint density at radius 3 is 1.61 bits per heavy atom. The van der Waals surface area contributed by atoms with Gasteiger partial charge in [0.05, 0.1) is 0 Å². The first-order valence-electron chi connectivity index (χ1n) is 25.1. The van der Waals surface area contributed by atoms with Crippen molar-refractivity contribution in [3.63, 3.8) is 0 Å². The molecule has 0 radical (unpaired) electrons. The Kier molecular flexibility index (Phi) is 13.0. The third kappa shape index (κ3) is 9.30. The van der Waals surface area contributed by atoms with Crippen LogP contribution in [0.15, 0.2) is 164 Å². The summed E-state index contributed by atoms with van der Waals surface area (Å²) in [6.45, 7) is 32.1. The number of hydrogen-bond acceptors (Lipinski definition) is 4.